The van der Waals surface area contributed by atoms with Crippen LogP contribution in [-0.4, -0.2) is 24.1 Å². The molecule has 3 aromatic heterocycles. The molecule has 0 saturated heterocycles. The predicted octanol–water partition coefficient (Wildman–Crippen LogP) is 12.7. The van der Waals surface area contributed by atoms with Crippen molar-refractivity contribution in [3.05, 3.63) is 127 Å². The summed E-state index contributed by atoms with van der Waals surface area (Å²) >= 11 is 0. The highest BCUT2D eigenvalue weighted by molar-refractivity contribution is 6.26. The van der Waals surface area contributed by atoms with Crippen molar-refractivity contribution in [2.45, 2.75) is 87.9 Å². The summed E-state index contributed by atoms with van der Waals surface area (Å²) in [4.78, 5) is 17.3. The summed E-state index contributed by atoms with van der Waals surface area (Å²) in [7, 11) is 0. The van der Waals surface area contributed by atoms with E-state index in [1.54, 1.807) is 0 Å². The SMILES string of the molecule is c1ccc(-n2c3ccccc3c3c2ccc2c4ccccc4n(-c4ccccc4-c4nc(C56CC7CC(CC(C7)C5)C6)nc(C56CC7CC(CC(C7)C5)C6)n4)c23)cc1. The predicted molar refractivity (Wildman–Crippen MR) is 234 cm³/mol. The molecular weight excluding hydrogens is 707 g/mol. The van der Waals surface area contributed by atoms with Crippen molar-refractivity contribution in [2.24, 2.45) is 35.5 Å². The van der Waals surface area contributed by atoms with Crippen molar-refractivity contribution in [1.82, 2.24) is 24.1 Å². The quantitative estimate of drug-likeness (QED) is 0.176. The van der Waals surface area contributed by atoms with E-state index in [0.29, 0.717) is 0 Å². The lowest BCUT2D eigenvalue weighted by molar-refractivity contribution is -0.0155. The first kappa shape index (κ1) is 32.6. The van der Waals surface area contributed by atoms with Crippen LogP contribution in [0.1, 0.15) is 88.7 Å². The van der Waals surface area contributed by atoms with Gasteiger partial charge in [-0.25, -0.2) is 15.0 Å². The average Bonchev–Trinajstić information content (AvgIpc) is 3.76. The van der Waals surface area contributed by atoms with Gasteiger partial charge in [0.1, 0.15) is 11.6 Å². The van der Waals surface area contributed by atoms with Crippen molar-refractivity contribution in [1.29, 1.82) is 0 Å². The highest BCUT2D eigenvalue weighted by Gasteiger charge is 2.56. The van der Waals surface area contributed by atoms with Gasteiger partial charge in [-0.2, -0.15) is 0 Å². The molecule has 5 heteroatoms. The van der Waals surface area contributed by atoms with Crippen LogP contribution in [0.2, 0.25) is 0 Å². The van der Waals surface area contributed by atoms with Crippen molar-refractivity contribution in [2.75, 3.05) is 0 Å². The maximum atomic E-state index is 5.81. The molecule has 8 bridgehead atoms. The number of nitrogens with zero attached hydrogens (tertiary/aromatic N) is 5. The molecule has 0 aliphatic heterocycles. The molecule has 3 heterocycles. The van der Waals surface area contributed by atoms with E-state index in [9.17, 15) is 0 Å². The fourth-order valence-corrected chi connectivity index (χ4v) is 15.2. The van der Waals surface area contributed by atoms with Gasteiger partial charge in [-0.3, -0.25) is 0 Å². The van der Waals surface area contributed by atoms with Gasteiger partial charge in [0.2, 0.25) is 0 Å². The molecule has 58 heavy (non-hydrogen) atoms. The summed E-state index contributed by atoms with van der Waals surface area (Å²) in [5.74, 6) is 8.19. The Morgan fingerprint density at radius 2 is 0.914 bits per heavy atom. The zero-order valence-electron chi connectivity index (χ0n) is 33.2. The van der Waals surface area contributed by atoms with Gasteiger partial charge in [-0.1, -0.05) is 72.8 Å². The van der Waals surface area contributed by atoms with E-state index in [1.807, 2.05) is 0 Å². The minimum absolute atomic E-state index is 0.0940. The number of rotatable bonds is 5. The number of benzene rings is 5. The van der Waals surface area contributed by atoms with Gasteiger partial charge >= 0.3 is 0 Å². The first-order chi connectivity index (χ1) is 28.6. The van der Waals surface area contributed by atoms with Gasteiger partial charge in [0, 0.05) is 43.6 Å². The van der Waals surface area contributed by atoms with Crippen LogP contribution < -0.4 is 0 Å². The summed E-state index contributed by atoms with van der Waals surface area (Å²) in [6, 6.07) is 42.6. The molecule has 286 valence electrons. The lowest BCUT2D eigenvalue weighted by atomic mass is 9.49. The Balaban J connectivity index is 1.04. The average molecular weight is 756 g/mol. The Kier molecular flexibility index (Phi) is 6.57. The van der Waals surface area contributed by atoms with Gasteiger partial charge in [-0.05, 0) is 155 Å². The van der Waals surface area contributed by atoms with Crippen LogP contribution in [0.4, 0.5) is 0 Å². The second kappa shape index (κ2) is 11.7. The van der Waals surface area contributed by atoms with E-state index in [4.69, 9.17) is 15.0 Å². The van der Waals surface area contributed by atoms with Crippen molar-refractivity contribution in [3.63, 3.8) is 0 Å². The molecular formula is C53H49N5. The van der Waals surface area contributed by atoms with Crippen LogP contribution in [0.15, 0.2) is 115 Å². The lowest BCUT2D eigenvalue weighted by Gasteiger charge is -2.57. The number of hydrogen-bond donors (Lipinski definition) is 0. The first-order valence-corrected chi connectivity index (χ1v) is 22.5. The van der Waals surface area contributed by atoms with Gasteiger partial charge < -0.3 is 9.13 Å². The maximum absolute atomic E-state index is 5.81. The molecule has 8 aliphatic carbocycles. The van der Waals surface area contributed by atoms with E-state index in [2.05, 4.69) is 124 Å². The Hall–Kier alpha value is -5.29. The van der Waals surface area contributed by atoms with Crippen LogP contribution >= 0.6 is 0 Å². The van der Waals surface area contributed by atoms with E-state index in [0.717, 1.165) is 64.2 Å². The van der Waals surface area contributed by atoms with Gasteiger partial charge in [0.05, 0.1) is 27.8 Å². The molecule has 8 aliphatic rings. The highest BCUT2D eigenvalue weighted by Crippen LogP contribution is 2.62. The van der Waals surface area contributed by atoms with E-state index >= 15 is 0 Å². The third-order valence-corrected chi connectivity index (χ3v) is 16.5. The summed E-state index contributed by atoms with van der Waals surface area (Å²) in [5.41, 5.74) is 8.53. The molecule has 0 unspecified atom stereocenters. The monoisotopic (exact) mass is 755 g/mol. The fourth-order valence-electron chi connectivity index (χ4n) is 15.2. The normalized spacial score (nSPS) is 30.8. The largest absolute Gasteiger partial charge is 0.309 e. The Morgan fingerprint density at radius 1 is 0.414 bits per heavy atom. The molecule has 5 aromatic carbocycles. The minimum Gasteiger partial charge on any atom is -0.309 e. The van der Waals surface area contributed by atoms with Crippen molar-refractivity contribution >= 4 is 43.6 Å². The third-order valence-electron chi connectivity index (χ3n) is 16.5. The molecule has 16 rings (SSSR count). The molecule has 0 amide bonds. The number of hydrogen-bond acceptors (Lipinski definition) is 3. The summed E-state index contributed by atoms with van der Waals surface area (Å²) < 4.78 is 5.00. The smallest absolute Gasteiger partial charge is 0.165 e. The second-order valence-corrected chi connectivity index (χ2v) is 20.1. The molecule has 0 spiro atoms. The number of fused-ring (bicyclic) bond motifs is 7. The minimum atomic E-state index is 0.0940. The van der Waals surface area contributed by atoms with Crippen molar-refractivity contribution in [3.8, 4) is 22.8 Å². The summed E-state index contributed by atoms with van der Waals surface area (Å²) in [6.07, 6.45) is 16.1. The van der Waals surface area contributed by atoms with Gasteiger partial charge in [0.15, 0.2) is 5.82 Å². The molecule has 8 fully saturated rings. The van der Waals surface area contributed by atoms with E-state index < -0.39 is 0 Å². The fraction of sp³-hybridized carbons (Fsp3) is 0.377. The second-order valence-electron chi connectivity index (χ2n) is 20.1. The van der Waals surface area contributed by atoms with Crippen LogP contribution in [-0.2, 0) is 10.8 Å². The molecule has 0 atom stereocenters. The summed E-state index contributed by atoms with van der Waals surface area (Å²) in [6.45, 7) is 0. The Morgan fingerprint density at radius 3 is 1.52 bits per heavy atom. The highest BCUT2D eigenvalue weighted by atomic mass is 15.1. The Labute approximate surface area is 339 Å². The third kappa shape index (κ3) is 4.51. The van der Waals surface area contributed by atoms with E-state index in [-0.39, 0.29) is 10.8 Å². The number of aromatic nitrogens is 5. The van der Waals surface area contributed by atoms with Crippen LogP contribution in [0.3, 0.4) is 0 Å². The molecule has 8 saturated carbocycles. The van der Waals surface area contributed by atoms with Gasteiger partial charge in [0.25, 0.3) is 0 Å². The molecule has 5 nitrogen and oxygen atoms in total. The zero-order valence-corrected chi connectivity index (χ0v) is 33.2. The van der Waals surface area contributed by atoms with Crippen LogP contribution in [0.25, 0.3) is 66.4 Å². The topological polar surface area (TPSA) is 48.5 Å². The standard InChI is InChI=1S/C53H49N5/c1-2-10-38(11-3-1)57-44-16-8-5-13-41(44)47-46(57)19-18-40-39-12-4-7-15-43(39)58(48(40)47)45-17-9-6-14-42(45)49-54-50(52-26-32-20-33(27-52)22-34(21-32)28-52)56-51(55-49)53-29-35-23-36(30-53)25-37(24-35)31-53/h1-19,32-37H,20-31H2. The zero-order chi connectivity index (χ0) is 37.7. The lowest BCUT2D eigenvalue weighted by Crippen LogP contribution is -2.51. The Bertz CT molecular complexity index is 2850. The number of para-hydroxylation sites is 4. The molecule has 0 N–H and O–H groups in total. The van der Waals surface area contributed by atoms with Crippen LogP contribution in [0, 0.1) is 35.5 Å². The van der Waals surface area contributed by atoms with E-state index in [1.165, 1.54) is 126 Å². The van der Waals surface area contributed by atoms with Gasteiger partial charge in [-0.15, -0.1) is 0 Å². The van der Waals surface area contributed by atoms with Crippen LogP contribution in [0.5, 0.6) is 0 Å². The molecule has 8 aromatic rings. The maximum Gasteiger partial charge on any atom is 0.165 e. The first-order valence-electron chi connectivity index (χ1n) is 22.5. The molecule has 0 radical (unpaired) electrons. The van der Waals surface area contributed by atoms with Crippen molar-refractivity contribution < 1.29 is 0 Å². The summed E-state index contributed by atoms with van der Waals surface area (Å²) in [5, 5.41) is 5.09.